The first-order chi connectivity index (χ1) is 6.70. The van der Waals surface area contributed by atoms with E-state index in [9.17, 15) is 4.79 Å². The van der Waals surface area contributed by atoms with E-state index in [0.717, 1.165) is 19.0 Å². The number of hydrogen-bond acceptors (Lipinski definition) is 2. The van der Waals surface area contributed by atoms with E-state index in [-0.39, 0.29) is 11.8 Å². The van der Waals surface area contributed by atoms with Crippen LogP contribution >= 0.6 is 0 Å². The second kappa shape index (κ2) is 6.02. The minimum atomic E-state index is -0.207. The molecule has 0 aromatic heterocycles. The van der Waals surface area contributed by atoms with Crippen molar-refractivity contribution in [2.24, 2.45) is 17.6 Å². The number of rotatable bonds is 5. The summed E-state index contributed by atoms with van der Waals surface area (Å²) < 4.78 is 0. The zero-order chi connectivity index (χ0) is 10.4. The quantitative estimate of drug-likeness (QED) is 0.699. The summed E-state index contributed by atoms with van der Waals surface area (Å²) in [4.78, 5) is 10.8. The van der Waals surface area contributed by atoms with Crippen LogP contribution < -0.4 is 11.1 Å². The van der Waals surface area contributed by atoms with Crippen LogP contribution in [0.25, 0.3) is 0 Å². The molecule has 1 atom stereocenters. The maximum Gasteiger partial charge on any atom is 0.221 e. The molecule has 1 fully saturated rings. The Kier molecular flexibility index (Phi) is 4.94. The van der Waals surface area contributed by atoms with Crippen molar-refractivity contribution >= 4 is 5.91 Å². The van der Waals surface area contributed by atoms with E-state index < -0.39 is 0 Å². The van der Waals surface area contributed by atoms with Gasteiger partial charge in [0.1, 0.15) is 0 Å². The van der Waals surface area contributed by atoms with Crippen molar-refractivity contribution in [3.05, 3.63) is 0 Å². The van der Waals surface area contributed by atoms with Crippen LogP contribution in [0.2, 0.25) is 0 Å². The van der Waals surface area contributed by atoms with Gasteiger partial charge in [-0.2, -0.15) is 0 Å². The fourth-order valence-electron chi connectivity index (χ4n) is 2.00. The van der Waals surface area contributed by atoms with Gasteiger partial charge in [0.15, 0.2) is 0 Å². The molecule has 3 nitrogen and oxygen atoms in total. The minimum absolute atomic E-state index is 0.0430. The van der Waals surface area contributed by atoms with Crippen molar-refractivity contribution in [3.8, 4) is 0 Å². The number of carbonyl (C=O) groups excluding carboxylic acids is 1. The molecule has 0 aliphatic heterocycles. The highest BCUT2D eigenvalue weighted by Gasteiger charge is 2.14. The smallest absolute Gasteiger partial charge is 0.221 e. The average Bonchev–Trinajstić information content (AvgIpc) is 2.19. The number of primary amides is 1. The predicted octanol–water partition coefficient (Wildman–Crippen LogP) is 1.28. The fraction of sp³-hybridized carbons (Fsp3) is 0.909. The first-order valence-electron chi connectivity index (χ1n) is 5.70. The lowest BCUT2D eigenvalue weighted by atomic mass is 9.89. The monoisotopic (exact) mass is 198 g/mol. The van der Waals surface area contributed by atoms with E-state index >= 15 is 0 Å². The molecule has 0 radical (unpaired) electrons. The molecule has 1 rings (SSSR count). The van der Waals surface area contributed by atoms with Crippen LogP contribution in [0.4, 0.5) is 0 Å². The molecular weight excluding hydrogens is 176 g/mol. The van der Waals surface area contributed by atoms with E-state index in [1.807, 2.05) is 6.92 Å². The summed E-state index contributed by atoms with van der Waals surface area (Å²) in [7, 11) is 0. The molecule has 14 heavy (non-hydrogen) atoms. The van der Waals surface area contributed by atoms with Crippen LogP contribution in [0.15, 0.2) is 0 Å². The molecule has 0 saturated heterocycles. The summed E-state index contributed by atoms with van der Waals surface area (Å²) in [6.45, 7) is 3.65. The molecule has 3 heteroatoms. The second-order valence-corrected chi connectivity index (χ2v) is 4.47. The summed E-state index contributed by atoms with van der Waals surface area (Å²) in [6.07, 6.45) is 6.83. The highest BCUT2D eigenvalue weighted by molar-refractivity contribution is 5.76. The Hall–Kier alpha value is -0.570. The van der Waals surface area contributed by atoms with Crippen molar-refractivity contribution in [1.29, 1.82) is 0 Å². The van der Waals surface area contributed by atoms with Crippen molar-refractivity contribution in [2.75, 3.05) is 13.1 Å². The molecule has 3 N–H and O–H groups in total. The summed E-state index contributed by atoms with van der Waals surface area (Å²) in [5.74, 6) is 0.573. The molecular formula is C11H22N2O. The fourth-order valence-corrected chi connectivity index (χ4v) is 2.00. The first-order valence-corrected chi connectivity index (χ1v) is 5.70. The number of nitrogens with one attached hydrogen (secondary N) is 1. The number of nitrogens with two attached hydrogens (primary N) is 1. The molecule has 1 saturated carbocycles. The Balaban J connectivity index is 2.05. The number of carbonyl (C=O) groups is 1. The third kappa shape index (κ3) is 4.09. The van der Waals surface area contributed by atoms with Gasteiger partial charge in [0.25, 0.3) is 0 Å². The van der Waals surface area contributed by atoms with Gasteiger partial charge in [-0.25, -0.2) is 0 Å². The van der Waals surface area contributed by atoms with Crippen LogP contribution in [0.3, 0.4) is 0 Å². The molecule has 82 valence electrons. The van der Waals surface area contributed by atoms with Gasteiger partial charge in [-0.1, -0.05) is 26.2 Å². The van der Waals surface area contributed by atoms with E-state index in [0.29, 0.717) is 0 Å². The summed E-state index contributed by atoms with van der Waals surface area (Å²) >= 11 is 0. The summed E-state index contributed by atoms with van der Waals surface area (Å²) in [5, 5.41) is 3.34. The molecule has 1 aliphatic rings. The Morgan fingerprint density at radius 1 is 1.43 bits per heavy atom. The van der Waals surface area contributed by atoms with E-state index in [1.165, 1.54) is 32.1 Å². The molecule has 1 unspecified atom stereocenters. The van der Waals surface area contributed by atoms with Gasteiger partial charge >= 0.3 is 0 Å². The van der Waals surface area contributed by atoms with Gasteiger partial charge in [0.2, 0.25) is 5.91 Å². The molecule has 0 aromatic carbocycles. The summed E-state index contributed by atoms with van der Waals surface area (Å²) in [6, 6.07) is 0. The topological polar surface area (TPSA) is 55.1 Å². The lowest BCUT2D eigenvalue weighted by Crippen LogP contribution is -2.34. The van der Waals surface area contributed by atoms with Gasteiger partial charge in [-0.15, -0.1) is 0 Å². The molecule has 0 bridgehead atoms. The summed E-state index contributed by atoms with van der Waals surface area (Å²) in [5.41, 5.74) is 5.18. The first kappa shape index (κ1) is 11.5. The Morgan fingerprint density at radius 3 is 2.64 bits per heavy atom. The van der Waals surface area contributed by atoms with Crippen LogP contribution in [0.5, 0.6) is 0 Å². The van der Waals surface area contributed by atoms with Crippen LogP contribution in [0, 0.1) is 11.8 Å². The van der Waals surface area contributed by atoms with Crippen LogP contribution in [-0.4, -0.2) is 19.0 Å². The minimum Gasteiger partial charge on any atom is -0.369 e. The van der Waals surface area contributed by atoms with Crippen molar-refractivity contribution in [1.82, 2.24) is 5.32 Å². The van der Waals surface area contributed by atoms with Gasteiger partial charge < -0.3 is 11.1 Å². The van der Waals surface area contributed by atoms with Gasteiger partial charge in [0, 0.05) is 12.5 Å². The lowest BCUT2D eigenvalue weighted by Gasteiger charge is -2.22. The van der Waals surface area contributed by atoms with Gasteiger partial charge in [-0.05, 0) is 25.3 Å². The lowest BCUT2D eigenvalue weighted by molar-refractivity contribution is -0.121. The van der Waals surface area contributed by atoms with E-state index in [4.69, 9.17) is 5.73 Å². The maximum atomic E-state index is 10.8. The predicted molar refractivity (Wildman–Crippen MR) is 57.8 cm³/mol. The number of hydrogen-bond donors (Lipinski definition) is 2. The molecule has 1 amide bonds. The Morgan fingerprint density at radius 2 is 2.07 bits per heavy atom. The third-order valence-corrected chi connectivity index (χ3v) is 3.09. The van der Waals surface area contributed by atoms with Crippen LogP contribution in [-0.2, 0) is 4.79 Å². The standard InChI is InChI=1S/C11H22N2O/c1-9(11(12)14)7-13-8-10-5-3-2-4-6-10/h9-10,13H,2-8H2,1H3,(H2,12,14). The normalized spacial score (nSPS) is 20.6. The third-order valence-electron chi connectivity index (χ3n) is 3.09. The molecule has 0 aromatic rings. The van der Waals surface area contributed by atoms with Gasteiger partial charge in [-0.3, -0.25) is 4.79 Å². The van der Waals surface area contributed by atoms with Gasteiger partial charge in [0.05, 0.1) is 0 Å². The number of amides is 1. The van der Waals surface area contributed by atoms with Crippen LogP contribution in [0.1, 0.15) is 39.0 Å². The SMILES string of the molecule is CC(CNCC1CCCCC1)C(N)=O. The van der Waals surface area contributed by atoms with Crippen molar-refractivity contribution in [2.45, 2.75) is 39.0 Å². The maximum absolute atomic E-state index is 10.8. The van der Waals surface area contributed by atoms with Crippen molar-refractivity contribution in [3.63, 3.8) is 0 Å². The van der Waals surface area contributed by atoms with Crippen molar-refractivity contribution < 1.29 is 4.79 Å². The largest absolute Gasteiger partial charge is 0.369 e. The average molecular weight is 198 g/mol. The zero-order valence-electron chi connectivity index (χ0n) is 9.09. The zero-order valence-corrected chi connectivity index (χ0v) is 9.09. The Bertz CT molecular complexity index is 176. The van der Waals surface area contributed by atoms with E-state index in [2.05, 4.69) is 5.32 Å². The molecule has 0 heterocycles. The highest BCUT2D eigenvalue weighted by Crippen LogP contribution is 2.22. The second-order valence-electron chi connectivity index (χ2n) is 4.47. The highest BCUT2D eigenvalue weighted by atomic mass is 16.1. The molecule has 0 spiro atoms. The Labute approximate surface area is 86.4 Å². The molecule has 1 aliphatic carbocycles. The van der Waals surface area contributed by atoms with E-state index in [1.54, 1.807) is 0 Å².